The lowest BCUT2D eigenvalue weighted by Crippen LogP contribution is -2.27. The molecule has 0 saturated carbocycles. The number of nitrogens with one attached hydrogen (secondary N) is 2. The van der Waals surface area contributed by atoms with E-state index in [0.29, 0.717) is 11.3 Å². The molecule has 1 aromatic carbocycles. The lowest BCUT2D eigenvalue weighted by Gasteiger charge is -2.21. The van der Waals surface area contributed by atoms with E-state index in [4.69, 9.17) is 0 Å². The second-order valence-corrected chi connectivity index (χ2v) is 6.31. The summed E-state index contributed by atoms with van der Waals surface area (Å²) in [6.45, 7) is 7.12. The first kappa shape index (κ1) is 17.3. The fourth-order valence-electron chi connectivity index (χ4n) is 2.01. The van der Waals surface area contributed by atoms with Crippen LogP contribution in [0.25, 0.3) is 0 Å². The van der Waals surface area contributed by atoms with Crippen LogP contribution in [0.2, 0.25) is 0 Å². The van der Waals surface area contributed by atoms with E-state index >= 15 is 0 Å². The van der Waals surface area contributed by atoms with Crippen molar-refractivity contribution < 1.29 is 9.72 Å². The molecule has 1 heterocycles. The van der Waals surface area contributed by atoms with Gasteiger partial charge < -0.3 is 10.6 Å². The summed E-state index contributed by atoms with van der Waals surface area (Å²) in [5.74, 6) is 0.175. The number of Topliss-reactive ketones (excluding diaryl/α,β-unsaturated/α-hetero) is 1. The summed E-state index contributed by atoms with van der Waals surface area (Å²) >= 11 is 0. The molecule has 2 rings (SSSR count). The van der Waals surface area contributed by atoms with Gasteiger partial charge in [0.05, 0.1) is 4.92 Å². The van der Waals surface area contributed by atoms with Crippen molar-refractivity contribution in [3.63, 3.8) is 0 Å². The van der Waals surface area contributed by atoms with E-state index in [0.717, 1.165) is 0 Å². The van der Waals surface area contributed by atoms with Gasteiger partial charge >= 0.3 is 5.69 Å². The molecule has 0 bridgehead atoms. The molecule has 0 fully saturated rings. The predicted octanol–water partition coefficient (Wildman–Crippen LogP) is 3.54. The van der Waals surface area contributed by atoms with Gasteiger partial charge in [-0.2, -0.15) is 0 Å². The lowest BCUT2D eigenvalue weighted by molar-refractivity contribution is -0.383. The second-order valence-electron chi connectivity index (χ2n) is 6.31. The minimum absolute atomic E-state index is 0.0498. The van der Waals surface area contributed by atoms with Crippen LogP contribution >= 0.6 is 0 Å². The van der Waals surface area contributed by atoms with Crippen LogP contribution < -0.4 is 10.6 Å². The van der Waals surface area contributed by atoms with E-state index in [2.05, 4.69) is 20.6 Å². The third kappa shape index (κ3) is 4.25. The first-order valence-corrected chi connectivity index (χ1v) is 7.33. The molecule has 2 aromatic rings. The zero-order valence-electron chi connectivity index (χ0n) is 14.0. The van der Waals surface area contributed by atoms with Crippen LogP contribution in [0.15, 0.2) is 30.6 Å². The highest BCUT2D eigenvalue weighted by Gasteiger charge is 2.25. The van der Waals surface area contributed by atoms with Crippen molar-refractivity contribution in [1.29, 1.82) is 0 Å². The number of nitro groups is 1. The fraction of sp³-hybridized carbons (Fsp3) is 0.312. The van der Waals surface area contributed by atoms with Crippen molar-refractivity contribution in [2.45, 2.75) is 33.2 Å². The van der Waals surface area contributed by atoms with E-state index < -0.39 is 4.92 Å². The van der Waals surface area contributed by atoms with E-state index in [1.807, 2.05) is 20.8 Å². The van der Waals surface area contributed by atoms with E-state index in [-0.39, 0.29) is 28.6 Å². The van der Waals surface area contributed by atoms with E-state index in [9.17, 15) is 14.9 Å². The largest absolute Gasteiger partial charge is 0.360 e. The van der Waals surface area contributed by atoms with Crippen molar-refractivity contribution >= 4 is 28.8 Å². The predicted molar refractivity (Wildman–Crippen MR) is 91.8 cm³/mol. The molecule has 0 spiro atoms. The van der Waals surface area contributed by atoms with Gasteiger partial charge in [-0.3, -0.25) is 14.9 Å². The van der Waals surface area contributed by atoms with Gasteiger partial charge in [-0.15, -0.1) is 0 Å². The van der Waals surface area contributed by atoms with Gasteiger partial charge in [-0.1, -0.05) is 0 Å². The molecule has 0 aliphatic heterocycles. The third-order valence-corrected chi connectivity index (χ3v) is 3.05. The Labute approximate surface area is 139 Å². The summed E-state index contributed by atoms with van der Waals surface area (Å²) in [6.07, 6.45) is 1.26. The molecule has 1 aromatic heterocycles. The third-order valence-electron chi connectivity index (χ3n) is 3.05. The van der Waals surface area contributed by atoms with Gasteiger partial charge in [0.1, 0.15) is 6.33 Å². The van der Waals surface area contributed by atoms with Gasteiger partial charge in [0.25, 0.3) is 0 Å². The second kappa shape index (κ2) is 6.61. The number of nitrogens with zero attached hydrogens (tertiary/aromatic N) is 3. The quantitative estimate of drug-likeness (QED) is 0.490. The molecule has 0 atom stereocenters. The fourth-order valence-corrected chi connectivity index (χ4v) is 2.01. The van der Waals surface area contributed by atoms with Crippen molar-refractivity contribution in [2.75, 3.05) is 10.6 Å². The number of ketones is 1. The molecule has 0 amide bonds. The Morgan fingerprint density at radius 1 is 1.12 bits per heavy atom. The topological polar surface area (TPSA) is 110 Å². The smallest absolute Gasteiger partial charge is 0.353 e. The van der Waals surface area contributed by atoms with Crippen molar-refractivity contribution in [3.05, 3.63) is 46.3 Å². The standard InChI is InChI=1S/C16H19N5O3/c1-10(22)11-5-7-12(8-6-11)19-14-13(21(23)24)15(18-9-17-14)20-16(2,3)4/h5-9H,1-4H3,(H2,17,18,19,20). The number of benzene rings is 1. The molecule has 0 aliphatic rings. The first-order chi connectivity index (χ1) is 11.2. The van der Waals surface area contributed by atoms with Crippen LogP contribution in [0.5, 0.6) is 0 Å². The van der Waals surface area contributed by atoms with Crippen molar-refractivity contribution in [1.82, 2.24) is 9.97 Å². The minimum atomic E-state index is -0.527. The maximum atomic E-state index is 11.5. The number of rotatable bonds is 5. The van der Waals surface area contributed by atoms with E-state index in [1.165, 1.54) is 13.3 Å². The molecule has 0 radical (unpaired) electrons. The number of anilines is 3. The average molecular weight is 329 g/mol. The Morgan fingerprint density at radius 2 is 1.71 bits per heavy atom. The summed E-state index contributed by atoms with van der Waals surface area (Å²) in [5, 5.41) is 17.4. The minimum Gasteiger partial charge on any atom is -0.360 e. The molecule has 24 heavy (non-hydrogen) atoms. The van der Waals surface area contributed by atoms with Crippen LogP contribution in [0.4, 0.5) is 23.0 Å². The van der Waals surface area contributed by atoms with Crippen LogP contribution in [0.3, 0.4) is 0 Å². The number of hydrogen-bond acceptors (Lipinski definition) is 7. The highest BCUT2D eigenvalue weighted by molar-refractivity contribution is 5.94. The summed E-state index contributed by atoms with van der Waals surface area (Å²) in [5.41, 5.74) is 0.527. The molecule has 126 valence electrons. The maximum absolute atomic E-state index is 11.5. The van der Waals surface area contributed by atoms with Gasteiger partial charge in [-0.05, 0) is 52.0 Å². The average Bonchev–Trinajstić information content (AvgIpc) is 2.46. The van der Waals surface area contributed by atoms with Gasteiger partial charge in [-0.25, -0.2) is 9.97 Å². The summed E-state index contributed by atoms with van der Waals surface area (Å²) in [7, 11) is 0. The normalized spacial score (nSPS) is 11.0. The first-order valence-electron chi connectivity index (χ1n) is 7.33. The van der Waals surface area contributed by atoms with Gasteiger partial charge in [0.15, 0.2) is 5.78 Å². The number of carbonyl (C=O) groups excluding carboxylic acids is 1. The summed E-state index contributed by atoms with van der Waals surface area (Å²) in [4.78, 5) is 30.2. The zero-order chi connectivity index (χ0) is 17.9. The summed E-state index contributed by atoms with van der Waals surface area (Å²) < 4.78 is 0. The van der Waals surface area contributed by atoms with Crippen molar-refractivity contribution in [3.8, 4) is 0 Å². The van der Waals surface area contributed by atoms with Crippen molar-refractivity contribution in [2.24, 2.45) is 0 Å². The molecule has 0 unspecified atom stereocenters. The van der Waals surface area contributed by atoms with E-state index in [1.54, 1.807) is 24.3 Å². The SMILES string of the molecule is CC(=O)c1ccc(Nc2ncnc(NC(C)(C)C)c2[N+](=O)[O-])cc1. The number of hydrogen-bond donors (Lipinski definition) is 2. The zero-order valence-corrected chi connectivity index (χ0v) is 14.0. The Bertz CT molecular complexity index is 766. The van der Waals surface area contributed by atoms with Crippen LogP contribution in [0.1, 0.15) is 38.1 Å². The lowest BCUT2D eigenvalue weighted by atomic mass is 10.1. The highest BCUT2D eigenvalue weighted by Crippen LogP contribution is 2.32. The summed E-state index contributed by atoms with van der Waals surface area (Å²) in [6, 6.07) is 6.62. The molecule has 0 saturated heterocycles. The Kier molecular flexibility index (Phi) is 4.77. The van der Waals surface area contributed by atoms with Crippen LogP contribution in [-0.4, -0.2) is 26.2 Å². The number of aromatic nitrogens is 2. The monoisotopic (exact) mass is 329 g/mol. The number of carbonyl (C=O) groups is 1. The Morgan fingerprint density at radius 3 is 2.21 bits per heavy atom. The molecule has 8 heteroatoms. The molecular formula is C16H19N5O3. The highest BCUT2D eigenvalue weighted by atomic mass is 16.6. The maximum Gasteiger partial charge on any atom is 0.353 e. The molecular weight excluding hydrogens is 310 g/mol. The molecule has 8 nitrogen and oxygen atoms in total. The Balaban J connectivity index is 2.37. The van der Waals surface area contributed by atoms with Gasteiger partial charge in [0, 0.05) is 16.8 Å². The molecule has 0 aliphatic carbocycles. The molecule has 2 N–H and O–H groups in total. The Hall–Kier alpha value is -3.03. The van der Waals surface area contributed by atoms with Crippen LogP contribution in [-0.2, 0) is 0 Å². The van der Waals surface area contributed by atoms with Crippen LogP contribution in [0, 0.1) is 10.1 Å². The van der Waals surface area contributed by atoms with Gasteiger partial charge in [0.2, 0.25) is 11.6 Å².